The maximum absolute atomic E-state index is 12.8. The van der Waals surface area contributed by atoms with Gasteiger partial charge >= 0.3 is 6.03 Å². The predicted octanol–water partition coefficient (Wildman–Crippen LogP) is 2.80. The summed E-state index contributed by atoms with van der Waals surface area (Å²) in [6.07, 6.45) is 4.43. The molecule has 0 radical (unpaired) electrons. The van der Waals surface area contributed by atoms with Crippen LogP contribution in [0.3, 0.4) is 0 Å². The Morgan fingerprint density at radius 3 is 2.80 bits per heavy atom. The molecule has 1 saturated carbocycles. The van der Waals surface area contributed by atoms with Gasteiger partial charge in [0, 0.05) is 5.56 Å². The lowest BCUT2D eigenvalue weighted by molar-refractivity contribution is -0.132. The minimum Gasteiger partial charge on any atom is -0.334 e. The van der Waals surface area contributed by atoms with Crippen molar-refractivity contribution >= 4 is 11.9 Å². The highest BCUT2D eigenvalue weighted by atomic mass is 16.5. The fourth-order valence-corrected chi connectivity index (χ4v) is 3.67. The van der Waals surface area contributed by atoms with Crippen molar-refractivity contribution in [2.75, 3.05) is 0 Å². The molecule has 1 N–H and O–H groups in total. The van der Waals surface area contributed by atoms with Gasteiger partial charge < -0.3 is 9.84 Å². The molecule has 1 aliphatic carbocycles. The first-order valence-corrected chi connectivity index (χ1v) is 8.61. The molecule has 1 aromatic heterocycles. The van der Waals surface area contributed by atoms with E-state index in [2.05, 4.69) is 15.5 Å². The topological polar surface area (TPSA) is 88.3 Å². The SMILES string of the molecule is Cc1cccc(-c2nc(CN3C(=O)NC4(CCCCC4)C3=O)no2)c1. The molecule has 3 amide bonds. The molecule has 0 atom stereocenters. The third kappa shape index (κ3) is 2.79. The van der Waals surface area contributed by atoms with E-state index in [1.54, 1.807) is 0 Å². The molecular weight excluding hydrogens is 320 g/mol. The number of nitrogens with zero attached hydrogens (tertiary/aromatic N) is 3. The van der Waals surface area contributed by atoms with Crippen LogP contribution in [0.2, 0.25) is 0 Å². The van der Waals surface area contributed by atoms with Gasteiger partial charge in [0.1, 0.15) is 5.54 Å². The fraction of sp³-hybridized carbons (Fsp3) is 0.444. The van der Waals surface area contributed by atoms with Crippen LogP contribution < -0.4 is 5.32 Å². The number of imide groups is 1. The van der Waals surface area contributed by atoms with Gasteiger partial charge in [-0.05, 0) is 31.9 Å². The van der Waals surface area contributed by atoms with Gasteiger partial charge in [-0.3, -0.25) is 9.69 Å². The van der Waals surface area contributed by atoms with Crippen LogP contribution in [0.25, 0.3) is 11.5 Å². The monoisotopic (exact) mass is 340 g/mol. The number of aromatic nitrogens is 2. The number of hydrogen-bond donors (Lipinski definition) is 1. The van der Waals surface area contributed by atoms with Gasteiger partial charge in [-0.1, -0.05) is 42.1 Å². The second-order valence-corrected chi connectivity index (χ2v) is 6.85. The zero-order valence-corrected chi connectivity index (χ0v) is 14.1. The maximum atomic E-state index is 12.8. The average Bonchev–Trinajstić information content (AvgIpc) is 3.16. The molecule has 2 heterocycles. The largest absolute Gasteiger partial charge is 0.334 e. The van der Waals surface area contributed by atoms with Crippen LogP contribution in [0.15, 0.2) is 28.8 Å². The van der Waals surface area contributed by atoms with Crippen molar-refractivity contribution in [3.8, 4) is 11.5 Å². The number of carbonyl (C=O) groups excluding carboxylic acids is 2. The summed E-state index contributed by atoms with van der Waals surface area (Å²) in [6.45, 7) is 2.01. The summed E-state index contributed by atoms with van der Waals surface area (Å²) in [4.78, 5) is 30.6. The molecule has 4 rings (SSSR count). The number of rotatable bonds is 3. The lowest BCUT2D eigenvalue weighted by Gasteiger charge is -2.30. The first-order chi connectivity index (χ1) is 12.1. The lowest BCUT2D eigenvalue weighted by Crippen LogP contribution is -2.48. The number of amides is 3. The summed E-state index contributed by atoms with van der Waals surface area (Å²) in [6, 6.07) is 7.36. The Hall–Kier alpha value is -2.70. The Morgan fingerprint density at radius 1 is 1.24 bits per heavy atom. The van der Waals surface area contributed by atoms with Crippen LogP contribution in [-0.4, -0.2) is 32.5 Å². The van der Waals surface area contributed by atoms with Crippen LogP contribution in [0, 0.1) is 6.92 Å². The van der Waals surface area contributed by atoms with Crippen LogP contribution in [0.4, 0.5) is 4.79 Å². The highest BCUT2D eigenvalue weighted by molar-refractivity contribution is 6.07. The summed E-state index contributed by atoms with van der Waals surface area (Å²) < 4.78 is 5.29. The molecule has 7 nitrogen and oxygen atoms in total. The van der Waals surface area contributed by atoms with E-state index in [1.807, 2.05) is 31.2 Å². The Bertz CT molecular complexity index is 823. The van der Waals surface area contributed by atoms with E-state index in [4.69, 9.17) is 4.52 Å². The van der Waals surface area contributed by atoms with Crippen molar-refractivity contribution in [1.82, 2.24) is 20.4 Å². The molecule has 130 valence electrons. The molecule has 7 heteroatoms. The van der Waals surface area contributed by atoms with Gasteiger partial charge in [-0.15, -0.1) is 0 Å². The normalized spacial score (nSPS) is 19.5. The van der Waals surface area contributed by atoms with Gasteiger partial charge in [0.2, 0.25) is 0 Å². The molecule has 1 saturated heterocycles. The molecule has 2 aromatic rings. The number of aryl methyl sites for hydroxylation is 1. The standard InChI is InChI=1S/C18H20N4O3/c1-12-6-5-7-13(10-12)15-19-14(21-25-15)11-22-16(23)18(20-17(22)24)8-3-2-4-9-18/h5-7,10H,2-4,8-9,11H2,1H3,(H,20,24). The third-order valence-corrected chi connectivity index (χ3v) is 4.99. The number of benzene rings is 1. The quantitative estimate of drug-likeness (QED) is 0.868. The smallest absolute Gasteiger partial charge is 0.325 e. The first-order valence-electron chi connectivity index (χ1n) is 8.61. The highest BCUT2D eigenvalue weighted by Gasteiger charge is 2.51. The molecular formula is C18H20N4O3. The summed E-state index contributed by atoms with van der Waals surface area (Å²) in [5.41, 5.74) is 1.18. The Morgan fingerprint density at radius 2 is 2.04 bits per heavy atom. The summed E-state index contributed by atoms with van der Waals surface area (Å²) in [7, 11) is 0. The average molecular weight is 340 g/mol. The van der Waals surface area contributed by atoms with E-state index < -0.39 is 5.54 Å². The van der Waals surface area contributed by atoms with Crippen molar-refractivity contribution in [1.29, 1.82) is 0 Å². The third-order valence-electron chi connectivity index (χ3n) is 4.99. The zero-order chi connectivity index (χ0) is 17.4. The minimum atomic E-state index is -0.724. The molecule has 2 fully saturated rings. The number of hydrogen-bond acceptors (Lipinski definition) is 5. The van der Waals surface area contributed by atoms with E-state index in [9.17, 15) is 9.59 Å². The Kier molecular flexibility index (Phi) is 3.78. The molecule has 2 aliphatic rings. The van der Waals surface area contributed by atoms with Crippen LogP contribution in [0.1, 0.15) is 43.5 Å². The van der Waals surface area contributed by atoms with E-state index in [-0.39, 0.29) is 18.5 Å². The van der Waals surface area contributed by atoms with E-state index in [0.717, 1.165) is 30.4 Å². The Labute approximate surface area is 145 Å². The van der Waals surface area contributed by atoms with Crippen molar-refractivity contribution in [3.63, 3.8) is 0 Å². The van der Waals surface area contributed by atoms with Gasteiger partial charge in [-0.2, -0.15) is 4.98 Å². The van der Waals surface area contributed by atoms with E-state index in [1.165, 1.54) is 4.90 Å². The van der Waals surface area contributed by atoms with E-state index in [0.29, 0.717) is 24.6 Å². The molecule has 0 unspecified atom stereocenters. The summed E-state index contributed by atoms with van der Waals surface area (Å²) >= 11 is 0. The van der Waals surface area contributed by atoms with E-state index >= 15 is 0 Å². The molecule has 0 bridgehead atoms. The van der Waals surface area contributed by atoms with Crippen molar-refractivity contribution < 1.29 is 14.1 Å². The lowest BCUT2D eigenvalue weighted by atomic mass is 9.82. The number of nitrogens with one attached hydrogen (secondary N) is 1. The first kappa shape index (κ1) is 15.8. The second-order valence-electron chi connectivity index (χ2n) is 6.85. The highest BCUT2D eigenvalue weighted by Crippen LogP contribution is 2.34. The van der Waals surface area contributed by atoms with Crippen molar-refractivity contribution in [2.45, 2.75) is 51.1 Å². The zero-order valence-electron chi connectivity index (χ0n) is 14.1. The minimum absolute atomic E-state index is 0.0295. The van der Waals surface area contributed by atoms with Crippen LogP contribution >= 0.6 is 0 Å². The predicted molar refractivity (Wildman–Crippen MR) is 89.4 cm³/mol. The van der Waals surface area contributed by atoms with Gasteiger partial charge in [-0.25, -0.2) is 4.79 Å². The molecule has 1 aromatic carbocycles. The van der Waals surface area contributed by atoms with Crippen molar-refractivity contribution in [3.05, 3.63) is 35.7 Å². The Balaban J connectivity index is 1.53. The van der Waals surface area contributed by atoms with Crippen LogP contribution in [-0.2, 0) is 11.3 Å². The number of urea groups is 1. The fourth-order valence-electron chi connectivity index (χ4n) is 3.67. The van der Waals surface area contributed by atoms with Gasteiger partial charge in [0.25, 0.3) is 11.8 Å². The molecule has 1 spiro atoms. The molecule has 25 heavy (non-hydrogen) atoms. The van der Waals surface area contributed by atoms with Crippen LogP contribution in [0.5, 0.6) is 0 Å². The number of carbonyl (C=O) groups is 2. The second kappa shape index (κ2) is 5.98. The molecule has 1 aliphatic heterocycles. The summed E-state index contributed by atoms with van der Waals surface area (Å²) in [5, 5.41) is 6.81. The maximum Gasteiger partial charge on any atom is 0.325 e. The summed E-state index contributed by atoms with van der Waals surface area (Å²) in [5.74, 6) is 0.546. The van der Waals surface area contributed by atoms with Crippen molar-refractivity contribution in [2.24, 2.45) is 0 Å². The van der Waals surface area contributed by atoms with Gasteiger partial charge in [0.15, 0.2) is 5.82 Å². The van der Waals surface area contributed by atoms with Gasteiger partial charge in [0.05, 0.1) is 6.54 Å².